The number of carbonyl (C=O) groups is 3. The highest BCUT2D eigenvalue weighted by Gasteiger charge is 2.33. The molecule has 33 heavy (non-hydrogen) atoms. The van der Waals surface area contributed by atoms with Gasteiger partial charge in [0.1, 0.15) is 5.69 Å². The van der Waals surface area contributed by atoms with E-state index < -0.39 is 0 Å². The second-order valence-corrected chi connectivity index (χ2v) is 9.31. The molecule has 0 spiro atoms. The molecule has 0 aliphatic heterocycles. The largest absolute Gasteiger partial charge is 0.348 e. The highest BCUT2D eigenvalue weighted by atomic mass is 16.2. The predicted molar refractivity (Wildman–Crippen MR) is 130 cm³/mol. The quantitative estimate of drug-likeness (QED) is 0.422. The minimum Gasteiger partial charge on any atom is -0.348 e. The molecular formula is C25H35N5O3. The zero-order chi connectivity index (χ0) is 24.0. The number of fused-ring (bicyclic) bond motifs is 1. The number of nitrogens with one attached hydrogen (secondary N) is 3. The first-order chi connectivity index (χ1) is 15.8. The second-order valence-electron chi connectivity index (χ2n) is 9.31. The number of carbonyl (C=O) groups excluding carboxylic acids is 3. The number of rotatable bonds is 8. The van der Waals surface area contributed by atoms with Gasteiger partial charge in [0.15, 0.2) is 0 Å². The van der Waals surface area contributed by atoms with Crippen molar-refractivity contribution in [1.29, 1.82) is 0 Å². The fourth-order valence-electron chi connectivity index (χ4n) is 4.54. The first kappa shape index (κ1) is 24.5. The van der Waals surface area contributed by atoms with Crippen molar-refractivity contribution in [1.82, 2.24) is 20.6 Å². The summed E-state index contributed by atoms with van der Waals surface area (Å²) in [5.74, 6) is -0.473. The molecule has 1 aromatic carbocycles. The van der Waals surface area contributed by atoms with E-state index >= 15 is 0 Å². The lowest BCUT2D eigenvalue weighted by atomic mass is 9.83. The third-order valence-corrected chi connectivity index (χ3v) is 6.13. The number of hydrazone groups is 1. The summed E-state index contributed by atoms with van der Waals surface area (Å²) in [6.45, 7) is 5.52. The van der Waals surface area contributed by atoms with Gasteiger partial charge in [-0.3, -0.25) is 14.4 Å². The fourth-order valence-corrected chi connectivity index (χ4v) is 4.54. The maximum absolute atomic E-state index is 13.2. The van der Waals surface area contributed by atoms with Crippen LogP contribution in [0.1, 0.15) is 63.4 Å². The van der Waals surface area contributed by atoms with Gasteiger partial charge in [0.2, 0.25) is 11.8 Å². The molecule has 1 saturated carbocycles. The summed E-state index contributed by atoms with van der Waals surface area (Å²) >= 11 is 0. The number of hydrogen-bond donors (Lipinski definition) is 3. The van der Waals surface area contributed by atoms with Crippen LogP contribution in [0.2, 0.25) is 0 Å². The molecule has 8 nitrogen and oxygen atoms in total. The monoisotopic (exact) mass is 453 g/mol. The lowest BCUT2D eigenvalue weighted by Crippen LogP contribution is -2.51. The summed E-state index contributed by atoms with van der Waals surface area (Å²) in [5, 5.41) is 11.2. The summed E-state index contributed by atoms with van der Waals surface area (Å²) < 4.78 is 1.89. The number of benzene rings is 1. The highest BCUT2D eigenvalue weighted by molar-refractivity contribution is 5.99. The molecule has 1 aliphatic carbocycles. The molecule has 1 aliphatic rings. The maximum atomic E-state index is 13.2. The van der Waals surface area contributed by atoms with E-state index in [1.165, 1.54) is 6.92 Å². The molecule has 0 radical (unpaired) electrons. The van der Waals surface area contributed by atoms with Gasteiger partial charge in [0, 0.05) is 37.1 Å². The summed E-state index contributed by atoms with van der Waals surface area (Å²) in [4.78, 5) is 37.4. The van der Waals surface area contributed by atoms with Crippen LogP contribution in [0.4, 0.5) is 0 Å². The number of hydrogen-bond acceptors (Lipinski definition) is 4. The Hall–Kier alpha value is -3.16. The van der Waals surface area contributed by atoms with Gasteiger partial charge in [-0.25, -0.2) is 5.43 Å². The minimum absolute atomic E-state index is 0.0861. The van der Waals surface area contributed by atoms with Crippen molar-refractivity contribution in [2.75, 3.05) is 0 Å². The van der Waals surface area contributed by atoms with Crippen molar-refractivity contribution in [2.45, 2.75) is 65.0 Å². The van der Waals surface area contributed by atoms with Gasteiger partial charge >= 0.3 is 0 Å². The standard InChI is InChI=1S/C25H35N5O3/c1-16(2)13-19(15-26-29-17(3)31)27-24(32)20-10-6-7-11-21(20)28-25(33)23-14-18-9-5-8-12-22(18)30(23)4/h5,8-9,12,14-16,19-21H,6-7,10-11,13H2,1-4H3,(H,27,32)(H,28,33)(H,29,31)/b26-15+/t19?,20-,21+/m1/s1. The van der Waals surface area contributed by atoms with Crippen LogP contribution in [0.3, 0.4) is 0 Å². The van der Waals surface area contributed by atoms with E-state index in [0.29, 0.717) is 18.0 Å². The van der Waals surface area contributed by atoms with Crippen LogP contribution in [0.15, 0.2) is 35.4 Å². The molecular weight excluding hydrogens is 418 g/mol. The van der Waals surface area contributed by atoms with Crippen molar-refractivity contribution in [3.8, 4) is 0 Å². The molecule has 3 atom stereocenters. The van der Waals surface area contributed by atoms with Gasteiger partial charge in [-0.1, -0.05) is 44.9 Å². The van der Waals surface area contributed by atoms with Crippen LogP contribution in [0.5, 0.6) is 0 Å². The lowest BCUT2D eigenvalue weighted by Gasteiger charge is -2.32. The molecule has 0 bridgehead atoms. The highest BCUT2D eigenvalue weighted by Crippen LogP contribution is 2.26. The minimum atomic E-state index is -0.304. The molecule has 1 unspecified atom stereocenters. The average molecular weight is 454 g/mol. The fraction of sp³-hybridized carbons (Fsp3) is 0.520. The Morgan fingerprint density at radius 2 is 1.91 bits per heavy atom. The second kappa shape index (κ2) is 11.1. The van der Waals surface area contributed by atoms with E-state index in [9.17, 15) is 14.4 Å². The van der Waals surface area contributed by atoms with Crippen LogP contribution in [-0.2, 0) is 16.6 Å². The van der Waals surface area contributed by atoms with Crippen LogP contribution in [0.25, 0.3) is 10.9 Å². The first-order valence-electron chi connectivity index (χ1n) is 11.7. The number of nitrogens with zero attached hydrogens (tertiary/aromatic N) is 2. The Labute approximate surface area is 195 Å². The molecule has 3 N–H and O–H groups in total. The lowest BCUT2D eigenvalue weighted by molar-refractivity contribution is -0.127. The Bertz CT molecular complexity index is 1030. The summed E-state index contributed by atoms with van der Waals surface area (Å²) in [6.07, 6.45) is 5.70. The van der Waals surface area contributed by atoms with E-state index in [2.05, 4.69) is 35.0 Å². The zero-order valence-electron chi connectivity index (χ0n) is 19.9. The van der Waals surface area contributed by atoms with Gasteiger partial charge in [-0.15, -0.1) is 0 Å². The van der Waals surface area contributed by atoms with Gasteiger partial charge in [0.05, 0.1) is 12.0 Å². The number of aryl methyl sites for hydroxylation is 1. The van der Waals surface area contributed by atoms with E-state index in [1.54, 1.807) is 6.21 Å². The van der Waals surface area contributed by atoms with Crippen LogP contribution in [0, 0.1) is 11.8 Å². The predicted octanol–water partition coefficient (Wildman–Crippen LogP) is 3.12. The van der Waals surface area contributed by atoms with Gasteiger partial charge in [0.25, 0.3) is 5.91 Å². The van der Waals surface area contributed by atoms with Crippen LogP contribution in [-0.4, -0.2) is 40.6 Å². The van der Waals surface area contributed by atoms with Crippen LogP contribution >= 0.6 is 0 Å². The van der Waals surface area contributed by atoms with Gasteiger partial charge < -0.3 is 15.2 Å². The molecule has 2 aromatic rings. The molecule has 8 heteroatoms. The Balaban J connectivity index is 1.70. The molecule has 1 aromatic heterocycles. The zero-order valence-corrected chi connectivity index (χ0v) is 19.9. The van der Waals surface area contributed by atoms with Crippen LogP contribution < -0.4 is 16.1 Å². The normalized spacial score (nSPS) is 19.5. The Morgan fingerprint density at radius 1 is 1.18 bits per heavy atom. The van der Waals surface area contributed by atoms with E-state index in [1.807, 2.05) is 41.9 Å². The van der Waals surface area contributed by atoms with E-state index in [4.69, 9.17) is 0 Å². The molecule has 1 fully saturated rings. The molecule has 3 rings (SSSR count). The number of para-hydroxylation sites is 1. The van der Waals surface area contributed by atoms with E-state index in [0.717, 1.165) is 36.6 Å². The smallest absolute Gasteiger partial charge is 0.268 e. The van der Waals surface area contributed by atoms with Crippen molar-refractivity contribution < 1.29 is 14.4 Å². The molecule has 1 heterocycles. The maximum Gasteiger partial charge on any atom is 0.268 e. The number of aromatic nitrogens is 1. The molecule has 0 saturated heterocycles. The summed E-state index contributed by atoms with van der Waals surface area (Å²) in [5.41, 5.74) is 3.97. The SMILES string of the molecule is CC(=O)N/N=C/C(CC(C)C)NC(=O)[C@@H]1CCCC[C@@H]1NC(=O)c1cc2ccccc2n1C. The van der Waals surface area contributed by atoms with Crippen molar-refractivity contribution >= 4 is 34.8 Å². The molecule has 178 valence electrons. The Kier molecular flexibility index (Phi) is 8.25. The third-order valence-electron chi connectivity index (χ3n) is 6.13. The van der Waals surface area contributed by atoms with E-state index in [-0.39, 0.29) is 35.7 Å². The summed E-state index contributed by atoms with van der Waals surface area (Å²) in [7, 11) is 1.88. The van der Waals surface area contributed by atoms with Gasteiger partial charge in [-0.2, -0.15) is 5.10 Å². The van der Waals surface area contributed by atoms with Crippen molar-refractivity contribution in [3.05, 3.63) is 36.0 Å². The van der Waals surface area contributed by atoms with Crippen molar-refractivity contribution in [3.63, 3.8) is 0 Å². The first-order valence-corrected chi connectivity index (χ1v) is 11.7. The van der Waals surface area contributed by atoms with Crippen molar-refractivity contribution in [2.24, 2.45) is 24.0 Å². The summed E-state index contributed by atoms with van der Waals surface area (Å²) in [6, 6.07) is 9.25. The average Bonchev–Trinajstić information content (AvgIpc) is 3.10. The Morgan fingerprint density at radius 3 is 2.61 bits per heavy atom. The third kappa shape index (κ3) is 6.43. The topological polar surface area (TPSA) is 105 Å². The number of amides is 3. The molecule has 3 amide bonds. The van der Waals surface area contributed by atoms with Gasteiger partial charge in [-0.05, 0) is 37.3 Å².